The zero-order chi connectivity index (χ0) is 16.8. The highest BCUT2D eigenvalue weighted by Gasteiger charge is 2.30. The number of hydrogen-bond acceptors (Lipinski definition) is 3. The minimum atomic E-state index is -4.41. The van der Waals surface area contributed by atoms with Gasteiger partial charge in [-0.05, 0) is 55.3 Å². The Morgan fingerprint density at radius 2 is 1.70 bits per heavy atom. The minimum absolute atomic E-state index is 0.00294. The molecule has 0 radical (unpaired) electrons. The van der Waals surface area contributed by atoms with Crippen molar-refractivity contribution in [2.24, 2.45) is 0 Å². The van der Waals surface area contributed by atoms with E-state index in [2.05, 4.69) is 4.98 Å². The summed E-state index contributed by atoms with van der Waals surface area (Å²) in [5.41, 5.74) is 1.19. The van der Waals surface area contributed by atoms with Crippen LogP contribution < -0.4 is 5.63 Å². The van der Waals surface area contributed by atoms with Gasteiger partial charge in [0.2, 0.25) is 5.89 Å². The van der Waals surface area contributed by atoms with Crippen LogP contribution in [-0.4, -0.2) is 4.98 Å². The van der Waals surface area contributed by atoms with Gasteiger partial charge in [0.25, 0.3) is 0 Å². The van der Waals surface area contributed by atoms with E-state index < -0.39 is 17.4 Å². The van der Waals surface area contributed by atoms with Crippen molar-refractivity contribution in [3.05, 3.63) is 63.5 Å². The molecule has 0 amide bonds. The van der Waals surface area contributed by atoms with Crippen molar-refractivity contribution in [1.82, 2.24) is 4.98 Å². The molecule has 0 atom stereocenters. The smallest absolute Gasteiger partial charge is 0.403 e. The molecule has 3 nitrogen and oxygen atoms in total. The molecule has 3 rings (SSSR count). The highest BCUT2D eigenvalue weighted by molar-refractivity contribution is 5.82. The van der Waals surface area contributed by atoms with Gasteiger partial charge < -0.3 is 4.42 Å². The van der Waals surface area contributed by atoms with Crippen LogP contribution in [0, 0.1) is 13.8 Å². The quantitative estimate of drug-likeness (QED) is 0.663. The highest BCUT2D eigenvalue weighted by Crippen LogP contribution is 2.30. The van der Waals surface area contributed by atoms with Gasteiger partial charge in [-0.25, -0.2) is 9.78 Å². The predicted octanol–water partition coefficient (Wildman–Crippen LogP) is 4.49. The molecule has 0 fully saturated rings. The fourth-order valence-corrected chi connectivity index (χ4v) is 2.46. The average Bonchev–Trinajstić information content (AvgIpc) is 2.47. The standard InChI is InChI=1S/C17H12F3NO2/c1-9-7-10(2)14-13(8-9)16(22)23-15(21-14)11-3-5-12(6-4-11)17(18,19)20/h3-8H,1-2H3. The summed E-state index contributed by atoms with van der Waals surface area (Å²) in [5, 5.41) is 0.359. The van der Waals surface area contributed by atoms with Crippen LogP contribution >= 0.6 is 0 Å². The molecule has 0 bridgehead atoms. The van der Waals surface area contributed by atoms with Crippen molar-refractivity contribution < 1.29 is 17.6 Å². The Hall–Kier alpha value is -2.63. The van der Waals surface area contributed by atoms with Gasteiger partial charge in [0.05, 0.1) is 16.5 Å². The van der Waals surface area contributed by atoms with Crippen LogP contribution in [0.3, 0.4) is 0 Å². The second kappa shape index (κ2) is 5.22. The van der Waals surface area contributed by atoms with E-state index in [4.69, 9.17) is 4.42 Å². The molecule has 0 aliphatic carbocycles. The van der Waals surface area contributed by atoms with E-state index in [1.807, 2.05) is 19.9 Å². The SMILES string of the molecule is Cc1cc(C)c2nc(-c3ccc(C(F)(F)F)cc3)oc(=O)c2c1. The molecule has 1 aromatic heterocycles. The molecule has 0 saturated heterocycles. The lowest BCUT2D eigenvalue weighted by Crippen LogP contribution is -2.06. The van der Waals surface area contributed by atoms with Crippen molar-refractivity contribution in [2.45, 2.75) is 20.0 Å². The topological polar surface area (TPSA) is 43.1 Å². The van der Waals surface area contributed by atoms with Gasteiger partial charge in [-0.2, -0.15) is 13.2 Å². The number of hydrogen-bond donors (Lipinski definition) is 0. The summed E-state index contributed by atoms with van der Waals surface area (Å²) in [6.07, 6.45) is -4.41. The summed E-state index contributed by atoms with van der Waals surface area (Å²) in [5.74, 6) is 0.00294. The minimum Gasteiger partial charge on any atom is -0.403 e. The number of aryl methyl sites for hydroxylation is 2. The Balaban J connectivity index is 2.16. The summed E-state index contributed by atoms with van der Waals surface area (Å²) in [4.78, 5) is 16.4. The fourth-order valence-electron chi connectivity index (χ4n) is 2.46. The van der Waals surface area contributed by atoms with Crippen LogP contribution in [0.2, 0.25) is 0 Å². The highest BCUT2D eigenvalue weighted by atomic mass is 19.4. The van der Waals surface area contributed by atoms with Gasteiger partial charge >= 0.3 is 11.8 Å². The molecule has 0 saturated carbocycles. The van der Waals surface area contributed by atoms with Crippen LogP contribution in [0.25, 0.3) is 22.4 Å². The van der Waals surface area contributed by atoms with Crippen molar-refractivity contribution in [1.29, 1.82) is 0 Å². The van der Waals surface area contributed by atoms with Crippen molar-refractivity contribution in [3.63, 3.8) is 0 Å². The molecule has 0 aliphatic rings. The molecule has 2 aromatic carbocycles. The van der Waals surface area contributed by atoms with E-state index in [0.717, 1.165) is 23.3 Å². The van der Waals surface area contributed by atoms with Gasteiger partial charge in [0.1, 0.15) is 0 Å². The maximum Gasteiger partial charge on any atom is 0.416 e. The lowest BCUT2D eigenvalue weighted by molar-refractivity contribution is -0.137. The van der Waals surface area contributed by atoms with E-state index >= 15 is 0 Å². The zero-order valence-electron chi connectivity index (χ0n) is 12.4. The van der Waals surface area contributed by atoms with Crippen LogP contribution in [0.1, 0.15) is 16.7 Å². The van der Waals surface area contributed by atoms with Gasteiger partial charge in [-0.1, -0.05) is 6.07 Å². The number of alkyl halides is 3. The molecular formula is C17H12F3NO2. The second-order valence-electron chi connectivity index (χ2n) is 5.36. The summed E-state index contributed by atoms with van der Waals surface area (Å²) in [6.45, 7) is 3.67. The molecular weight excluding hydrogens is 307 g/mol. The Morgan fingerprint density at radius 1 is 1.04 bits per heavy atom. The molecule has 3 aromatic rings. The number of aromatic nitrogens is 1. The summed E-state index contributed by atoms with van der Waals surface area (Å²) in [7, 11) is 0. The van der Waals surface area contributed by atoms with Crippen molar-refractivity contribution in [2.75, 3.05) is 0 Å². The second-order valence-corrected chi connectivity index (χ2v) is 5.36. The molecule has 6 heteroatoms. The Bertz CT molecular complexity index is 941. The summed E-state index contributed by atoms with van der Waals surface area (Å²) >= 11 is 0. The Labute approximate surface area is 129 Å². The number of rotatable bonds is 1. The largest absolute Gasteiger partial charge is 0.416 e. The number of halogens is 3. The molecule has 0 N–H and O–H groups in total. The predicted molar refractivity (Wildman–Crippen MR) is 80.2 cm³/mol. The lowest BCUT2D eigenvalue weighted by atomic mass is 10.1. The van der Waals surface area contributed by atoms with Gasteiger partial charge in [0.15, 0.2) is 0 Å². The number of fused-ring (bicyclic) bond motifs is 1. The number of benzene rings is 2. The summed E-state index contributed by atoms with van der Waals surface area (Å²) < 4.78 is 43.0. The molecule has 0 spiro atoms. The Kier molecular flexibility index (Phi) is 3.47. The average molecular weight is 319 g/mol. The third-order valence-corrected chi connectivity index (χ3v) is 3.53. The van der Waals surface area contributed by atoms with Crippen LogP contribution in [0.5, 0.6) is 0 Å². The van der Waals surface area contributed by atoms with Gasteiger partial charge in [-0.3, -0.25) is 0 Å². The van der Waals surface area contributed by atoms with Crippen molar-refractivity contribution in [3.8, 4) is 11.5 Å². The third kappa shape index (κ3) is 2.84. The van der Waals surface area contributed by atoms with Crippen LogP contribution in [0.4, 0.5) is 13.2 Å². The maximum absolute atomic E-state index is 12.6. The molecule has 1 heterocycles. The maximum atomic E-state index is 12.6. The van der Waals surface area contributed by atoms with Crippen LogP contribution in [-0.2, 0) is 6.18 Å². The van der Waals surface area contributed by atoms with E-state index in [1.165, 1.54) is 12.1 Å². The van der Waals surface area contributed by atoms with E-state index in [9.17, 15) is 18.0 Å². The van der Waals surface area contributed by atoms with Crippen molar-refractivity contribution >= 4 is 10.9 Å². The van der Waals surface area contributed by atoms with Gasteiger partial charge in [0, 0.05) is 5.56 Å². The van der Waals surface area contributed by atoms with Crippen LogP contribution in [0.15, 0.2) is 45.6 Å². The molecule has 0 aliphatic heterocycles. The molecule has 0 unspecified atom stereocenters. The zero-order valence-corrected chi connectivity index (χ0v) is 12.4. The first-order chi connectivity index (χ1) is 10.8. The van der Waals surface area contributed by atoms with Gasteiger partial charge in [-0.15, -0.1) is 0 Å². The molecule has 23 heavy (non-hydrogen) atoms. The molecule has 118 valence electrons. The first-order valence-electron chi connectivity index (χ1n) is 6.85. The first kappa shape index (κ1) is 15.3. The summed E-state index contributed by atoms with van der Waals surface area (Å²) in [6, 6.07) is 7.91. The van der Waals surface area contributed by atoms with E-state index in [-0.39, 0.29) is 5.89 Å². The van der Waals surface area contributed by atoms with E-state index in [1.54, 1.807) is 6.07 Å². The monoisotopic (exact) mass is 319 g/mol. The first-order valence-corrected chi connectivity index (χ1v) is 6.85. The Morgan fingerprint density at radius 3 is 2.30 bits per heavy atom. The normalized spacial score (nSPS) is 11.9. The van der Waals surface area contributed by atoms with E-state index in [0.29, 0.717) is 16.5 Å². The fraction of sp³-hybridized carbons (Fsp3) is 0.176. The lowest BCUT2D eigenvalue weighted by Gasteiger charge is -2.08. The third-order valence-electron chi connectivity index (χ3n) is 3.53. The number of nitrogens with zero attached hydrogens (tertiary/aromatic N) is 1.